The largest absolute Gasteiger partial charge is 0.497 e. The van der Waals surface area contributed by atoms with Crippen LogP contribution in [-0.2, 0) is 7.05 Å². The summed E-state index contributed by atoms with van der Waals surface area (Å²) < 4.78 is 7.19. The topological polar surface area (TPSA) is 56.1 Å². The van der Waals surface area contributed by atoms with Gasteiger partial charge in [0, 0.05) is 35.1 Å². The molecule has 2 aromatic heterocycles. The van der Waals surface area contributed by atoms with Crippen LogP contribution < -0.4 is 10.1 Å². The second-order valence-electron chi connectivity index (χ2n) is 5.89. The average Bonchev–Trinajstić information content (AvgIpc) is 3.30. The number of carbonyl (C=O) groups excluding carboxylic acids is 1. The fraction of sp³-hybridized carbons (Fsp3) is 0.100. The van der Waals surface area contributed by atoms with E-state index >= 15 is 0 Å². The summed E-state index contributed by atoms with van der Waals surface area (Å²) in [6.07, 6.45) is 1.98. The van der Waals surface area contributed by atoms with Crippen molar-refractivity contribution in [3.63, 3.8) is 0 Å². The summed E-state index contributed by atoms with van der Waals surface area (Å²) in [5, 5.41) is 6.56. The van der Waals surface area contributed by atoms with E-state index in [0.29, 0.717) is 5.69 Å². The van der Waals surface area contributed by atoms with Gasteiger partial charge in [-0.25, -0.2) is 4.98 Å². The Morgan fingerprint density at radius 1 is 1.15 bits per heavy atom. The van der Waals surface area contributed by atoms with Crippen molar-refractivity contribution in [3.8, 4) is 16.3 Å². The summed E-state index contributed by atoms with van der Waals surface area (Å²) >= 11 is 1.45. The van der Waals surface area contributed by atoms with Gasteiger partial charge in [-0.2, -0.15) is 0 Å². The van der Waals surface area contributed by atoms with Gasteiger partial charge in [0.2, 0.25) is 0 Å². The molecule has 1 N–H and O–H groups in total. The van der Waals surface area contributed by atoms with Crippen LogP contribution in [0, 0.1) is 0 Å². The van der Waals surface area contributed by atoms with Crippen LogP contribution in [0.1, 0.15) is 10.5 Å². The van der Waals surface area contributed by atoms with E-state index in [1.807, 2.05) is 66.3 Å². The molecule has 0 atom stereocenters. The van der Waals surface area contributed by atoms with Gasteiger partial charge in [-0.1, -0.05) is 6.07 Å². The lowest BCUT2D eigenvalue weighted by Crippen LogP contribution is -2.12. The summed E-state index contributed by atoms with van der Waals surface area (Å²) in [7, 11) is 3.61. The summed E-state index contributed by atoms with van der Waals surface area (Å²) in [6, 6.07) is 15.5. The number of benzene rings is 2. The molecule has 2 heterocycles. The number of aromatic nitrogens is 2. The standard InChI is InChI=1S/C20H17N3O2S/c1-23-11-10-15-16(4-3-5-18(15)23)21-19(24)17-12-26-20(22-17)13-6-8-14(25-2)9-7-13/h3-12H,1-2H3,(H,21,24). The first-order valence-corrected chi connectivity index (χ1v) is 8.99. The van der Waals surface area contributed by atoms with Gasteiger partial charge in [0.1, 0.15) is 16.5 Å². The highest BCUT2D eigenvalue weighted by molar-refractivity contribution is 7.13. The van der Waals surface area contributed by atoms with Gasteiger partial charge in [-0.3, -0.25) is 4.79 Å². The van der Waals surface area contributed by atoms with Crippen molar-refractivity contribution in [1.82, 2.24) is 9.55 Å². The minimum atomic E-state index is -0.211. The monoisotopic (exact) mass is 363 g/mol. The Bertz CT molecular complexity index is 1080. The number of thiazole rings is 1. The molecule has 4 aromatic rings. The van der Waals surface area contributed by atoms with Gasteiger partial charge in [0.05, 0.1) is 12.8 Å². The molecule has 0 aliphatic rings. The zero-order valence-corrected chi connectivity index (χ0v) is 15.2. The van der Waals surface area contributed by atoms with Crippen LogP contribution in [0.5, 0.6) is 5.75 Å². The maximum Gasteiger partial charge on any atom is 0.275 e. The van der Waals surface area contributed by atoms with Gasteiger partial charge in [0.25, 0.3) is 5.91 Å². The fourth-order valence-corrected chi connectivity index (χ4v) is 3.65. The Hall–Kier alpha value is -3.12. The molecule has 0 aliphatic heterocycles. The lowest BCUT2D eigenvalue weighted by molar-refractivity contribution is 0.102. The first-order valence-electron chi connectivity index (χ1n) is 8.11. The van der Waals surface area contributed by atoms with E-state index in [-0.39, 0.29) is 5.91 Å². The molecule has 0 aliphatic carbocycles. The third-order valence-corrected chi connectivity index (χ3v) is 5.14. The third-order valence-electron chi connectivity index (χ3n) is 4.25. The molecule has 6 heteroatoms. The van der Waals surface area contributed by atoms with Crippen LogP contribution >= 0.6 is 11.3 Å². The van der Waals surface area contributed by atoms with Crippen molar-refractivity contribution in [2.45, 2.75) is 0 Å². The second kappa shape index (κ2) is 6.65. The Kier molecular flexibility index (Phi) is 4.18. The minimum Gasteiger partial charge on any atom is -0.497 e. The summed E-state index contributed by atoms with van der Waals surface area (Å²) in [5.41, 5.74) is 3.22. The Balaban J connectivity index is 1.57. The molecule has 0 radical (unpaired) electrons. The van der Waals surface area contributed by atoms with Gasteiger partial charge in [0.15, 0.2) is 0 Å². The van der Waals surface area contributed by atoms with Crippen molar-refractivity contribution < 1.29 is 9.53 Å². The molecule has 0 spiro atoms. The number of ether oxygens (including phenoxy) is 1. The van der Waals surface area contributed by atoms with Crippen LogP contribution in [0.25, 0.3) is 21.5 Å². The molecule has 26 heavy (non-hydrogen) atoms. The molecule has 130 valence electrons. The molecule has 0 bridgehead atoms. The number of hydrogen-bond donors (Lipinski definition) is 1. The van der Waals surface area contributed by atoms with Crippen LogP contribution in [0.2, 0.25) is 0 Å². The Morgan fingerprint density at radius 3 is 2.73 bits per heavy atom. The van der Waals surface area contributed by atoms with E-state index in [0.717, 1.165) is 32.9 Å². The molecule has 1 amide bonds. The number of anilines is 1. The third kappa shape index (κ3) is 2.95. The quantitative estimate of drug-likeness (QED) is 0.578. The fourth-order valence-electron chi connectivity index (χ4n) is 2.84. The first-order chi connectivity index (χ1) is 12.7. The van der Waals surface area contributed by atoms with Gasteiger partial charge in [-0.15, -0.1) is 11.3 Å². The highest BCUT2D eigenvalue weighted by atomic mass is 32.1. The highest BCUT2D eigenvalue weighted by Crippen LogP contribution is 2.27. The van der Waals surface area contributed by atoms with Crippen molar-refractivity contribution in [2.24, 2.45) is 7.05 Å². The predicted molar refractivity (Wildman–Crippen MR) is 105 cm³/mol. The summed E-state index contributed by atoms with van der Waals surface area (Å²) in [6.45, 7) is 0. The van der Waals surface area contributed by atoms with E-state index in [4.69, 9.17) is 4.74 Å². The Morgan fingerprint density at radius 2 is 1.96 bits per heavy atom. The van der Waals surface area contributed by atoms with Crippen molar-refractivity contribution in [3.05, 3.63) is 65.8 Å². The van der Waals surface area contributed by atoms with E-state index in [2.05, 4.69) is 10.3 Å². The molecule has 0 fully saturated rings. The van der Waals surface area contributed by atoms with E-state index < -0.39 is 0 Å². The molecule has 4 rings (SSSR count). The predicted octanol–water partition coefficient (Wildman–Crippen LogP) is 4.56. The molecule has 0 saturated carbocycles. The van der Waals surface area contributed by atoms with Crippen LogP contribution in [0.15, 0.2) is 60.1 Å². The van der Waals surface area contributed by atoms with E-state index in [9.17, 15) is 4.79 Å². The van der Waals surface area contributed by atoms with E-state index in [1.165, 1.54) is 11.3 Å². The number of carbonyl (C=O) groups is 1. The lowest BCUT2D eigenvalue weighted by Gasteiger charge is -2.05. The minimum absolute atomic E-state index is 0.211. The first kappa shape index (κ1) is 16.4. The normalized spacial score (nSPS) is 10.8. The number of rotatable bonds is 4. The number of fused-ring (bicyclic) bond motifs is 1. The maximum atomic E-state index is 12.6. The SMILES string of the molecule is COc1ccc(-c2nc(C(=O)Nc3cccc4c3ccn4C)cs2)cc1. The van der Waals surface area contributed by atoms with Crippen molar-refractivity contribution in [2.75, 3.05) is 12.4 Å². The number of methoxy groups -OCH3 is 1. The smallest absolute Gasteiger partial charge is 0.275 e. The van der Waals surface area contributed by atoms with Crippen LogP contribution in [0.4, 0.5) is 5.69 Å². The Labute approximate surface area is 154 Å². The number of nitrogens with one attached hydrogen (secondary N) is 1. The maximum absolute atomic E-state index is 12.6. The van der Waals surface area contributed by atoms with Crippen molar-refractivity contribution in [1.29, 1.82) is 0 Å². The average molecular weight is 363 g/mol. The molecule has 2 aromatic carbocycles. The molecular weight excluding hydrogens is 346 g/mol. The number of hydrogen-bond acceptors (Lipinski definition) is 4. The van der Waals surface area contributed by atoms with Crippen LogP contribution in [-0.4, -0.2) is 22.6 Å². The molecule has 5 nitrogen and oxygen atoms in total. The highest BCUT2D eigenvalue weighted by Gasteiger charge is 2.14. The summed E-state index contributed by atoms with van der Waals surface area (Å²) in [5.74, 6) is 0.580. The number of aryl methyl sites for hydroxylation is 1. The number of amides is 1. The molecule has 0 saturated heterocycles. The zero-order valence-electron chi connectivity index (χ0n) is 14.4. The van der Waals surface area contributed by atoms with Gasteiger partial charge in [-0.05, 0) is 42.5 Å². The molecular formula is C20H17N3O2S. The second-order valence-corrected chi connectivity index (χ2v) is 6.74. The van der Waals surface area contributed by atoms with Gasteiger partial charge < -0.3 is 14.6 Å². The number of nitrogens with zero attached hydrogens (tertiary/aromatic N) is 2. The molecule has 0 unspecified atom stereocenters. The van der Waals surface area contributed by atoms with Crippen molar-refractivity contribution >= 4 is 33.8 Å². The zero-order chi connectivity index (χ0) is 18.1. The lowest BCUT2D eigenvalue weighted by atomic mass is 10.2. The van der Waals surface area contributed by atoms with Crippen LogP contribution in [0.3, 0.4) is 0 Å². The summed E-state index contributed by atoms with van der Waals surface area (Å²) in [4.78, 5) is 17.1. The van der Waals surface area contributed by atoms with E-state index in [1.54, 1.807) is 12.5 Å². The van der Waals surface area contributed by atoms with Gasteiger partial charge >= 0.3 is 0 Å².